The van der Waals surface area contributed by atoms with Crippen LogP contribution in [0.5, 0.6) is 0 Å². The topological polar surface area (TPSA) is 43.8 Å². The zero-order chi connectivity index (χ0) is 9.56. The van der Waals surface area contributed by atoms with Crippen molar-refractivity contribution >= 4 is 6.03 Å². The Morgan fingerprint density at radius 3 is 2.50 bits per heavy atom. The molecule has 0 aromatic rings. The molecule has 0 heterocycles. The number of aliphatic hydroxyl groups excluding tert-OH is 1. The van der Waals surface area contributed by atoms with E-state index in [9.17, 15) is 4.79 Å². The molecule has 0 unspecified atom stereocenters. The molecule has 4 heteroatoms. The summed E-state index contributed by atoms with van der Waals surface area (Å²) in [6.45, 7) is 4.33. The van der Waals surface area contributed by atoms with Gasteiger partial charge in [0.1, 0.15) is 0 Å². The van der Waals surface area contributed by atoms with Crippen LogP contribution in [-0.2, 0) is 0 Å². The number of urea groups is 1. The molecule has 4 nitrogen and oxygen atoms in total. The van der Waals surface area contributed by atoms with Crippen molar-refractivity contribution in [1.82, 2.24) is 9.80 Å². The lowest BCUT2D eigenvalue weighted by molar-refractivity contribution is 0.161. The minimum atomic E-state index is -0.107. The van der Waals surface area contributed by atoms with E-state index in [1.807, 2.05) is 0 Å². The van der Waals surface area contributed by atoms with E-state index in [0.717, 1.165) is 0 Å². The molecule has 0 aliphatic carbocycles. The number of carbonyl (C=O) groups excluding carboxylic acids is 1. The molecular weight excluding hydrogens is 156 g/mol. The lowest BCUT2D eigenvalue weighted by atomic mass is 10.5. The molecule has 0 fully saturated rings. The van der Waals surface area contributed by atoms with E-state index < -0.39 is 0 Å². The van der Waals surface area contributed by atoms with Crippen LogP contribution in [0, 0.1) is 0 Å². The zero-order valence-corrected chi connectivity index (χ0v) is 7.66. The number of rotatable bonds is 4. The molecule has 0 saturated carbocycles. The van der Waals surface area contributed by atoms with Crippen molar-refractivity contribution in [1.29, 1.82) is 0 Å². The van der Waals surface area contributed by atoms with Gasteiger partial charge in [-0.3, -0.25) is 0 Å². The van der Waals surface area contributed by atoms with Gasteiger partial charge in [0, 0.05) is 27.2 Å². The highest BCUT2D eigenvalue weighted by molar-refractivity contribution is 5.73. The predicted octanol–water partition coefficient (Wildman–Crippen LogP) is 0.148. The molecule has 0 aromatic carbocycles. The molecule has 0 radical (unpaired) electrons. The minimum Gasteiger partial charge on any atom is -0.395 e. The lowest BCUT2D eigenvalue weighted by Gasteiger charge is -2.23. The number of carbonyl (C=O) groups is 1. The van der Waals surface area contributed by atoms with Crippen LogP contribution in [0.15, 0.2) is 12.7 Å². The van der Waals surface area contributed by atoms with Crippen LogP contribution in [0.1, 0.15) is 0 Å². The van der Waals surface area contributed by atoms with Gasteiger partial charge in [0.15, 0.2) is 0 Å². The van der Waals surface area contributed by atoms with Crippen molar-refractivity contribution in [2.75, 3.05) is 33.8 Å². The van der Waals surface area contributed by atoms with Crippen molar-refractivity contribution in [3.8, 4) is 0 Å². The highest BCUT2D eigenvalue weighted by Gasteiger charge is 2.12. The van der Waals surface area contributed by atoms with Crippen LogP contribution in [-0.4, -0.2) is 54.7 Å². The number of hydrogen-bond donors (Lipinski definition) is 1. The Bertz CT molecular complexity index is 157. The fourth-order valence-corrected chi connectivity index (χ4v) is 0.824. The van der Waals surface area contributed by atoms with E-state index in [1.54, 1.807) is 20.2 Å². The summed E-state index contributed by atoms with van der Waals surface area (Å²) in [6.07, 6.45) is 1.64. The van der Waals surface area contributed by atoms with Crippen LogP contribution in [0.4, 0.5) is 4.79 Å². The monoisotopic (exact) mass is 172 g/mol. The summed E-state index contributed by atoms with van der Waals surface area (Å²) in [5.74, 6) is 0. The fourth-order valence-electron chi connectivity index (χ4n) is 0.824. The summed E-state index contributed by atoms with van der Waals surface area (Å²) in [7, 11) is 3.35. The number of nitrogens with zero attached hydrogens (tertiary/aromatic N) is 2. The second kappa shape index (κ2) is 5.60. The van der Waals surface area contributed by atoms with Crippen molar-refractivity contribution in [3.63, 3.8) is 0 Å². The van der Waals surface area contributed by atoms with Gasteiger partial charge in [-0.2, -0.15) is 0 Å². The number of aliphatic hydroxyl groups is 1. The number of amides is 2. The molecule has 0 spiro atoms. The molecule has 0 saturated heterocycles. The summed E-state index contributed by atoms with van der Waals surface area (Å²) in [5.41, 5.74) is 0. The van der Waals surface area contributed by atoms with Gasteiger partial charge in [0.2, 0.25) is 0 Å². The first-order chi connectivity index (χ1) is 5.63. The molecule has 0 aromatic heterocycles. The molecule has 0 aliphatic rings. The molecule has 12 heavy (non-hydrogen) atoms. The van der Waals surface area contributed by atoms with E-state index in [-0.39, 0.29) is 12.6 Å². The summed E-state index contributed by atoms with van der Waals surface area (Å²) >= 11 is 0. The summed E-state index contributed by atoms with van der Waals surface area (Å²) in [4.78, 5) is 14.3. The molecule has 0 bridgehead atoms. The summed E-state index contributed by atoms with van der Waals surface area (Å²) in [6, 6.07) is -0.107. The largest absolute Gasteiger partial charge is 0.395 e. The quantitative estimate of drug-likeness (QED) is 0.613. The van der Waals surface area contributed by atoms with Crippen molar-refractivity contribution < 1.29 is 9.90 Å². The van der Waals surface area contributed by atoms with Gasteiger partial charge in [0.25, 0.3) is 0 Å². The Hall–Kier alpha value is -1.03. The van der Waals surface area contributed by atoms with E-state index >= 15 is 0 Å². The van der Waals surface area contributed by atoms with Crippen LogP contribution in [0.25, 0.3) is 0 Å². The molecule has 2 amide bonds. The van der Waals surface area contributed by atoms with E-state index in [4.69, 9.17) is 5.11 Å². The first-order valence-electron chi connectivity index (χ1n) is 3.81. The molecule has 0 aliphatic heterocycles. The third-order valence-corrected chi connectivity index (χ3v) is 1.37. The van der Waals surface area contributed by atoms with Crippen LogP contribution in [0.2, 0.25) is 0 Å². The SMILES string of the molecule is C=CCN(CCO)C(=O)N(C)C. The molecule has 70 valence electrons. The third kappa shape index (κ3) is 3.39. The zero-order valence-electron chi connectivity index (χ0n) is 7.66. The molecule has 0 rings (SSSR count). The van der Waals surface area contributed by atoms with E-state index in [2.05, 4.69) is 6.58 Å². The van der Waals surface area contributed by atoms with Crippen LogP contribution >= 0.6 is 0 Å². The standard InChI is InChI=1S/C8H16N2O2/c1-4-5-10(6-7-11)8(12)9(2)3/h4,11H,1,5-7H2,2-3H3. The Morgan fingerprint density at radius 2 is 2.17 bits per heavy atom. The second-order valence-corrected chi connectivity index (χ2v) is 2.64. The summed E-state index contributed by atoms with van der Waals surface area (Å²) < 4.78 is 0. The van der Waals surface area contributed by atoms with Gasteiger partial charge in [-0.05, 0) is 0 Å². The highest BCUT2D eigenvalue weighted by atomic mass is 16.3. The van der Waals surface area contributed by atoms with Gasteiger partial charge in [-0.25, -0.2) is 4.79 Å². The average Bonchev–Trinajstić information content (AvgIpc) is 2.03. The second-order valence-electron chi connectivity index (χ2n) is 2.64. The number of hydrogen-bond acceptors (Lipinski definition) is 2. The molecular formula is C8H16N2O2. The lowest BCUT2D eigenvalue weighted by Crippen LogP contribution is -2.40. The Kier molecular flexibility index (Phi) is 5.12. The maximum Gasteiger partial charge on any atom is 0.319 e. The summed E-state index contributed by atoms with van der Waals surface area (Å²) in [5, 5.41) is 8.65. The van der Waals surface area contributed by atoms with Crippen molar-refractivity contribution in [2.24, 2.45) is 0 Å². The minimum absolute atomic E-state index is 0.0204. The van der Waals surface area contributed by atoms with Gasteiger partial charge in [0.05, 0.1) is 6.61 Å². The van der Waals surface area contributed by atoms with Crippen molar-refractivity contribution in [3.05, 3.63) is 12.7 Å². The van der Waals surface area contributed by atoms with Crippen LogP contribution in [0.3, 0.4) is 0 Å². The Balaban J connectivity index is 4.08. The normalized spacial score (nSPS) is 9.25. The predicted molar refractivity (Wildman–Crippen MR) is 47.9 cm³/mol. The highest BCUT2D eigenvalue weighted by Crippen LogP contribution is 1.93. The third-order valence-electron chi connectivity index (χ3n) is 1.37. The van der Waals surface area contributed by atoms with E-state index in [1.165, 1.54) is 9.80 Å². The van der Waals surface area contributed by atoms with Gasteiger partial charge >= 0.3 is 6.03 Å². The maximum absolute atomic E-state index is 11.3. The smallest absolute Gasteiger partial charge is 0.319 e. The molecule has 0 atom stereocenters. The first kappa shape index (κ1) is 11.0. The van der Waals surface area contributed by atoms with E-state index in [0.29, 0.717) is 13.1 Å². The van der Waals surface area contributed by atoms with Gasteiger partial charge in [-0.15, -0.1) is 6.58 Å². The van der Waals surface area contributed by atoms with Gasteiger partial charge in [-0.1, -0.05) is 6.08 Å². The van der Waals surface area contributed by atoms with Crippen LogP contribution < -0.4 is 0 Å². The Morgan fingerprint density at radius 1 is 1.58 bits per heavy atom. The van der Waals surface area contributed by atoms with Gasteiger partial charge < -0.3 is 14.9 Å². The first-order valence-corrected chi connectivity index (χ1v) is 3.81. The maximum atomic E-state index is 11.3. The Labute approximate surface area is 73.1 Å². The average molecular weight is 172 g/mol. The van der Waals surface area contributed by atoms with Crippen molar-refractivity contribution in [2.45, 2.75) is 0 Å². The molecule has 1 N–H and O–H groups in total. The fraction of sp³-hybridized carbons (Fsp3) is 0.625.